The first-order valence-electron chi connectivity index (χ1n) is 7.07. The summed E-state index contributed by atoms with van der Waals surface area (Å²) in [5.41, 5.74) is 0. The van der Waals surface area contributed by atoms with Crippen LogP contribution in [0.3, 0.4) is 0 Å². The lowest BCUT2D eigenvalue weighted by Crippen LogP contribution is -2.44. The average Bonchev–Trinajstić information content (AvgIpc) is 2.87. The lowest BCUT2D eigenvalue weighted by Gasteiger charge is -2.25. The maximum absolute atomic E-state index is 12.2. The summed E-state index contributed by atoms with van der Waals surface area (Å²) in [5, 5.41) is 7.10. The molecule has 1 aromatic heterocycles. The Morgan fingerprint density at radius 1 is 1.40 bits per heavy atom. The summed E-state index contributed by atoms with van der Waals surface area (Å²) in [4.78, 5) is 20.3. The molecule has 114 valence electrons. The highest BCUT2D eigenvalue weighted by Crippen LogP contribution is 2.08. The van der Waals surface area contributed by atoms with E-state index >= 15 is 0 Å². The Morgan fingerprint density at radius 2 is 2.10 bits per heavy atom. The summed E-state index contributed by atoms with van der Waals surface area (Å²) in [6, 6.07) is -0.217. The number of urea groups is 1. The summed E-state index contributed by atoms with van der Waals surface area (Å²) in [7, 11) is 4.00. The largest absolute Gasteiger partial charge is 0.328 e. The quantitative estimate of drug-likeness (QED) is 0.808. The lowest BCUT2D eigenvalue weighted by atomic mass is 10.3. The summed E-state index contributed by atoms with van der Waals surface area (Å²) in [6.45, 7) is 8.90. The number of rotatable bonds is 7. The standard InChI is InChI=1S/C13H26N6O/c1-6-18(9-8-17(4)5)13(20)16-11(3)12-14-10-15-19(12)7-2/h10-11H,6-9H2,1-5H3,(H,16,20). The zero-order valence-corrected chi connectivity index (χ0v) is 13.1. The minimum absolute atomic E-state index is 0.0625. The van der Waals surface area contributed by atoms with E-state index in [4.69, 9.17) is 0 Å². The molecule has 1 aromatic rings. The van der Waals surface area contributed by atoms with Crippen LogP contribution in [0.2, 0.25) is 0 Å². The van der Waals surface area contributed by atoms with Gasteiger partial charge in [-0.2, -0.15) is 5.10 Å². The predicted molar refractivity (Wildman–Crippen MR) is 78.4 cm³/mol. The van der Waals surface area contributed by atoms with Gasteiger partial charge in [0.25, 0.3) is 0 Å². The van der Waals surface area contributed by atoms with E-state index in [9.17, 15) is 4.79 Å². The summed E-state index contributed by atoms with van der Waals surface area (Å²) in [5.74, 6) is 0.782. The SMILES string of the molecule is CCN(CCN(C)C)C(=O)NC(C)c1ncnn1CC. The molecule has 0 aliphatic heterocycles. The number of hydrogen-bond donors (Lipinski definition) is 1. The Hall–Kier alpha value is -1.63. The summed E-state index contributed by atoms with van der Waals surface area (Å²) < 4.78 is 1.79. The van der Waals surface area contributed by atoms with Crippen molar-refractivity contribution in [3.8, 4) is 0 Å². The minimum atomic E-state index is -0.154. The number of aromatic nitrogens is 3. The van der Waals surface area contributed by atoms with Crippen LogP contribution in [0.5, 0.6) is 0 Å². The molecule has 0 fully saturated rings. The van der Waals surface area contributed by atoms with Crippen molar-refractivity contribution >= 4 is 6.03 Å². The van der Waals surface area contributed by atoms with Crippen LogP contribution in [0.25, 0.3) is 0 Å². The molecule has 0 saturated heterocycles. The third kappa shape index (κ3) is 4.48. The maximum Gasteiger partial charge on any atom is 0.318 e. The molecule has 2 amide bonds. The lowest BCUT2D eigenvalue weighted by molar-refractivity contribution is 0.191. The molecule has 1 atom stereocenters. The fourth-order valence-electron chi connectivity index (χ4n) is 1.92. The van der Waals surface area contributed by atoms with Crippen LogP contribution in [0.15, 0.2) is 6.33 Å². The third-order valence-corrected chi connectivity index (χ3v) is 3.16. The smallest absolute Gasteiger partial charge is 0.318 e. The Morgan fingerprint density at radius 3 is 2.65 bits per heavy atom. The van der Waals surface area contributed by atoms with Gasteiger partial charge in [0.1, 0.15) is 12.2 Å². The van der Waals surface area contributed by atoms with E-state index in [-0.39, 0.29) is 12.1 Å². The number of amides is 2. The molecule has 1 unspecified atom stereocenters. The van der Waals surface area contributed by atoms with Crippen molar-refractivity contribution in [3.63, 3.8) is 0 Å². The second kappa shape index (κ2) is 7.84. The number of carbonyl (C=O) groups is 1. The van der Waals surface area contributed by atoms with Gasteiger partial charge in [0.05, 0.1) is 6.04 Å². The Kier molecular flexibility index (Phi) is 6.44. The van der Waals surface area contributed by atoms with E-state index in [2.05, 4.69) is 20.3 Å². The van der Waals surface area contributed by atoms with Gasteiger partial charge < -0.3 is 15.1 Å². The number of hydrogen-bond acceptors (Lipinski definition) is 4. The van der Waals surface area contributed by atoms with E-state index in [0.717, 1.165) is 18.9 Å². The molecule has 1 N–H and O–H groups in total. The fraction of sp³-hybridized carbons (Fsp3) is 0.769. The van der Waals surface area contributed by atoms with E-state index < -0.39 is 0 Å². The third-order valence-electron chi connectivity index (χ3n) is 3.16. The molecule has 20 heavy (non-hydrogen) atoms. The van der Waals surface area contributed by atoms with E-state index in [1.807, 2.05) is 34.9 Å². The summed E-state index contributed by atoms with van der Waals surface area (Å²) in [6.07, 6.45) is 1.52. The van der Waals surface area contributed by atoms with Crippen molar-refractivity contribution in [2.75, 3.05) is 33.7 Å². The molecule has 0 aliphatic rings. The van der Waals surface area contributed by atoms with Gasteiger partial charge in [0, 0.05) is 26.2 Å². The Labute approximate surface area is 121 Å². The van der Waals surface area contributed by atoms with Crippen LogP contribution in [0.1, 0.15) is 32.6 Å². The molecule has 0 radical (unpaired) electrons. The van der Waals surface area contributed by atoms with Crippen molar-refractivity contribution < 1.29 is 4.79 Å². The van der Waals surface area contributed by atoms with Gasteiger partial charge >= 0.3 is 6.03 Å². The first-order valence-corrected chi connectivity index (χ1v) is 7.07. The highest BCUT2D eigenvalue weighted by molar-refractivity contribution is 5.74. The second-order valence-corrected chi connectivity index (χ2v) is 4.99. The molecule has 7 nitrogen and oxygen atoms in total. The van der Waals surface area contributed by atoms with Gasteiger partial charge in [0.2, 0.25) is 0 Å². The normalized spacial score (nSPS) is 12.5. The van der Waals surface area contributed by atoms with Crippen molar-refractivity contribution in [1.82, 2.24) is 29.9 Å². The molecule has 0 aliphatic carbocycles. The highest BCUT2D eigenvalue weighted by Gasteiger charge is 2.18. The number of aryl methyl sites for hydroxylation is 1. The van der Waals surface area contributed by atoms with Crippen LogP contribution in [-0.4, -0.2) is 64.3 Å². The zero-order chi connectivity index (χ0) is 15.1. The van der Waals surface area contributed by atoms with Crippen LogP contribution in [-0.2, 0) is 6.54 Å². The molecule has 1 heterocycles. The van der Waals surface area contributed by atoms with Gasteiger partial charge in [-0.05, 0) is 34.9 Å². The van der Waals surface area contributed by atoms with E-state index in [0.29, 0.717) is 13.1 Å². The maximum atomic E-state index is 12.2. The molecule has 7 heteroatoms. The molecule has 0 spiro atoms. The number of likely N-dealkylation sites (N-methyl/N-ethyl adjacent to an activating group) is 2. The molecular formula is C13H26N6O. The van der Waals surface area contributed by atoms with Crippen molar-refractivity contribution in [1.29, 1.82) is 0 Å². The second-order valence-electron chi connectivity index (χ2n) is 4.99. The number of carbonyl (C=O) groups excluding carboxylic acids is 1. The van der Waals surface area contributed by atoms with Crippen LogP contribution in [0.4, 0.5) is 4.79 Å². The van der Waals surface area contributed by atoms with Crippen LogP contribution >= 0.6 is 0 Å². The van der Waals surface area contributed by atoms with Crippen molar-refractivity contribution in [2.24, 2.45) is 0 Å². The van der Waals surface area contributed by atoms with Gasteiger partial charge in [0.15, 0.2) is 0 Å². The molecular weight excluding hydrogens is 256 g/mol. The van der Waals surface area contributed by atoms with Crippen LogP contribution in [0, 0.1) is 0 Å². The number of nitrogens with zero attached hydrogens (tertiary/aromatic N) is 5. The average molecular weight is 282 g/mol. The topological polar surface area (TPSA) is 66.3 Å². The zero-order valence-electron chi connectivity index (χ0n) is 13.1. The molecule has 0 aromatic carbocycles. The van der Waals surface area contributed by atoms with Gasteiger partial charge in [-0.15, -0.1) is 0 Å². The minimum Gasteiger partial charge on any atom is -0.328 e. The highest BCUT2D eigenvalue weighted by atomic mass is 16.2. The van der Waals surface area contributed by atoms with Gasteiger partial charge in [-0.3, -0.25) is 0 Å². The van der Waals surface area contributed by atoms with Crippen molar-refractivity contribution in [2.45, 2.75) is 33.4 Å². The monoisotopic (exact) mass is 282 g/mol. The Balaban J connectivity index is 2.59. The number of nitrogens with one attached hydrogen (secondary N) is 1. The predicted octanol–water partition coefficient (Wildman–Crippen LogP) is 0.952. The molecule has 0 saturated carbocycles. The van der Waals surface area contributed by atoms with Gasteiger partial charge in [-0.1, -0.05) is 0 Å². The summed E-state index contributed by atoms with van der Waals surface area (Å²) >= 11 is 0. The Bertz CT molecular complexity index is 417. The van der Waals surface area contributed by atoms with Crippen molar-refractivity contribution in [3.05, 3.63) is 12.2 Å². The van der Waals surface area contributed by atoms with Gasteiger partial charge in [-0.25, -0.2) is 14.5 Å². The first kappa shape index (κ1) is 16.4. The molecule has 1 rings (SSSR count). The first-order chi connectivity index (χ1) is 9.49. The van der Waals surface area contributed by atoms with Crippen LogP contribution < -0.4 is 5.32 Å². The molecule has 0 bridgehead atoms. The van der Waals surface area contributed by atoms with E-state index in [1.165, 1.54) is 6.33 Å². The van der Waals surface area contributed by atoms with E-state index in [1.54, 1.807) is 9.58 Å². The fourth-order valence-corrected chi connectivity index (χ4v) is 1.92.